The Labute approximate surface area is 133 Å². The van der Waals surface area contributed by atoms with E-state index in [0.717, 1.165) is 11.3 Å². The molecule has 0 N–H and O–H groups in total. The van der Waals surface area contributed by atoms with Crippen molar-refractivity contribution in [1.29, 1.82) is 0 Å². The van der Waals surface area contributed by atoms with Crippen LogP contribution in [0.2, 0.25) is 0 Å². The number of Topliss-reactive ketones (excluding diaryl/α,β-unsaturated/α-hetero) is 2. The molecule has 0 saturated carbocycles. The van der Waals surface area contributed by atoms with Gasteiger partial charge in [0.2, 0.25) is 0 Å². The molecule has 2 nitrogen and oxygen atoms in total. The lowest BCUT2D eigenvalue weighted by Crippen LogP contribution is -2.02. The first kappa shape index (κ1) is 16.4. The van der Waals surface area contributed by atoms with Crippen molar-refractivity contribution in [2.24, 2.45) is 0 Å². The van der Waals surface area contributed by atoms with Gasteiger partial charge in [-0.15, -0.1) is 11.8 Å². The molecule has 0 aromatic heterocycles. The molecule has 0 radical (unpaired) electrons. The van der Waals surface area contributed by atoms with E-state index in [-0.39, 0.29) is 23.1 Å². The summed E-state index contributed by atoms with van der Waals surface area (Å²) in [6.45, 7) is 1.98. The normalized spacial score (nSPS) is 10.5. The van der Waals surface area contributed by atoms with E-state index in [0.29, 0.717) is 17.5 Å². The Kier molecular flexibility index (Phi) is 5.90. The summed E-state index contributed by atoms with van der Waals surface area (Å²) in [6.07, 6.45) is 1.39. The highest BCUT2D eigenvalue weighted by Gasteiger charge is 2.08. The summed E-state index contributed by atoms with van der Waals surface area (Å²) in [5.41, 5.74) is 1.21. The number of benzene rings is 2. The molecule has 2 aromatic carbocycles. The highest BCUT2D eigenvalue weighted by atomic mass is 32.2. The van der Waals surface area contributed by atoms with Crippen LogP contribution in [-0.2, 0) is 0 Å². The van der Waals surface area contributed by atoms with Crippen molar-refractivity contribution in [3.63, 3.8) is 0 Å². The number of rotatable bonds is 7. The Balaban J connectivity index is 1.92. The van der Waals surface area contributed by atoms with Gasteiger partial charge in [0.05, 0.1) is 5.75 Å². The van der Waals surface area contributed by atoms with E-state index in [4.69, 9.17) is 0 Å². The van der Waals surface area contributed by atoms with Gasteiger partial charge in [-0.25, -0.2) is 4.39 Å². The second kappa shape index (κ2) is 7.90. The van der Waals surface area contributed by atoms with E-state index in [2.05, 4.69) is 0 Å². The largest absolute Gasteiger partial charge is 0.294 e. The molecule has 0 fully saturated rings. The van der Waals surface area contributed by atoms with E-state index >= 15 is 0 Å². The minimum Gasteiger partial charge on any atom is -0.294 e. The highest BCUT2D eigenvalue weighted by Crippen LogP contribution is 2.20. The van der Waals surface area contributed by atoms with Crippen LogP contribution in [0.15, 0.2) is 53.4 Å². The summed E-state index contributed by atoms with van der Waals surface area (Å²) in [5, 5.41) is 0. The Bertz CT molecular complexity index is 648. The molecule has 0 aliphatic rings. The molecule has 0 saturated heterocycles. The van der Waals surface area contributed by atoms with Crippen LogP contribution >= 0.6 is 11.8 Å². The van der Waals surface area contributed by atoms with Crippen molar-refractivity contribution in [2.75, 3.05) is 5.75 Å². The maximum atomic E-state index is 12.8. The maximum Gasteiger partial charge on any atom is 0.173 e. The van der Waals surface area contributed by atoms with Crippen molar-refractivity contribution >= 4 is 23.3 Å². The average molecular weight is 316 g/mol. The van der Waals surface area contributed by atoms with Crippen molar-refractivity contribution in [1.82, 2.24) is 0 Å². The Morgan fingerprint density at radius 1 is 0.909 bits per heavy atom. The van der Waals surface area contributed by atoms with Crippen molar-refractivity contribution in [3.05, 3.63) is 65.5 Å². The second-order valence-electron chi connectivity index (χ2n) is 4.92. The van der Waals surface area contributed by atoms with Crippen molar-refractivity contribution < 1.29 is 14.0 Å². The molecular weight excluding hydrogens is 299 g/mol. The standard InChI is InChI=1S/C18H17FO2S/c1-2-3-17(20)13-6-10-16(11-7-13)22-12-18(21)14-4-8-15(19)9-5-14/h4-11H,2-3,12H2,1H3. The molecule has 0 aliphatic heterocycles. The number of hydrogen-bond donors (Lipinski definition) is 0. The van der Waals surface area contributed by atoms with Gasteiger partial charge in [0, 0.05) is 22.4 Å². The van der Waals surface area contributed by atoms with Crippen LogP contribution in [0.1, 0.15) is 40.5 Å². The van der Waals surface area contributed by atoms with E-state index in [9.17, 15) is 14.0 Å². The SMILES string of the molecule is CCCC(=O)c1ccc(SCC(=O)c2ccc(F)cc2)cc1. The van der Waals surface area contributed by atoms with E-state index in [1.54, 1.807) is 12.1 Å². The molecule has 0 unspecified atom stereocenters. The predicted octanol–water partition coefficient (Wildman–Crippen LogP) is 4.78. The van der Waals surface area contributed by atoms with Crippen LogP contribution in [0, 0.1) is 5.82 Å². The third-order valence-corrected chi connectivity index (χ3v) is 4.20. The van der Waals surface area contributed by atoms with Gasteiger partial charge in [0.25, 0.3) is 0 Å². The topological polar surface area (TPSA) is 34.1 Å². The predicted molar refractivity (Wildman–Crippen MR) is 87.1 cm³/mol. The molecule has 2 aromatic rings. The highest BCUT2D eigenvalue weighted by molar-refractivity contribution is 8.00. The van der Waals surface area contributed by atoms with Gasteiger partial charge in [-0.05, 0) is 42.8 Å². The molecule has 0 atom stereocenters. The lowest BCUT2D eigenvalue weighted by atomic mass is 10.1. The van der Waals surface area contributed by atoms with Gasteiger partial charge in [-0.3, -0.25) is 9.59 Å². The molecule has 114 valence electrons. The fraction of sp³-hybridized carbons (Fsp3) is 0.222. The Morgan fingerprint density at radius 3 is 2.05 bits per heavy atom. The number of thioether (sulfide) groups is 1. The van der Waals surface area contributed by atoms with Gasteiger partial charge in [0.1, 0.15) is 5.82 Å². The lowest BCUT2D eigenvalue weighted by molar-refractivity contribution is 0.0980. The average Bonchev–Trinajstić information content (AvgIpc) is 2.54. The first-order chi connectivity index (χ1) is 10.6. The number of halogens is 1. The molecule has 22 heavy (non-hydrogen) atoms. The number of carbonyl (C=O) groups is 2. The fourth-order valence-electron chi connectivity index (χ4n) is 1.98. The van der Waals surface area contributed by atoms with Crippen LogP contribution in [0.3, 0.4) is 0 Å². The third-order valence-electron chi connectivity index (χ3n) is 3.19. The summed E-state index contributed by atoms with van der Waals surface area (Å²) in [6, 6.07) is 12.8. The van der Waals surface area contributed by atoms with Gasteiger partial charge in [-0.2, -0.15) is 0 Å². The molecular formula is C18H17FO2S. The quantitative estimate of drug-likeness (QED) is 0.544. The first-order valence-corrected chi connectivity index (χ1v) is 8.13. The van der Waals surface area contributed by atoms with Gasteiger partial charge in [0.15, 0.2) is 11.6 Å². The van der Waals surface area contributed by atoms with E-state index < -0.39 is 0 Å². The van der Waals surface area contributed by atoms with Crippen molar-refractivity contribution in [2.45, 2.75) is 24.7 Å². The smallest absolute Gasteiger partial charge is 0.173 e. The minimum atomic E-state index is -0.350. The summed E-state index contributed by atoms with van der Waals surface area (Å²) in [5.74, 6) is 0.0301. The van der Waals surface area contributed by atoms with Gasteiger partial charge >= 0.3 is 0 Å². The lowest BCUT2D eigenvalue weighted by Gasteiger charge is -2.04. The van der Waals surface area contributed by atoms with Gasteiger partial charge < -0.3 is 0 Å². The summed E-state index contributed by atoms with van der Waals surface area (Å²) < 4.78 is 12.8. The Hall–Kier alpha value is -1.94. The number of carbonyl (C=O) groups excluding carboxylic acids is 2. The van der Waals surface area contributed by atoms with E-state index in [1.807, 2.05) is 19.1 Å². The number of ketones is 2. The fourth-order valence-corrected chi connectivity index (χ4v) is 2.77. The molecule has 0 bridgehead atoms. The minimum absolute atomic E-state index is 0.0452. The summed E-state index contributed by atoms with van der Waals surface area (Å²) >= 11 is 1.41. The van der Waals surface area contributed by atoms with Crippen molar-refractivity contribution in [3.8, 4) is 0 Å². The van der Waals surface area contributed by atoms with Gasteiger partial charge in [-0.1, -0.05) is 19.1 Å². The molecule has 2 rings (SSSR count). The molecule has 4 heteroatoms. The summed E-state index contributed by atoms with van der Waals surface area (Å²) in [4.78, 5) is 24.7. The molecule has 0 amide bonds. The second-order valence-corrected chi connectivity index (χ2v) is 5.97. The van der Waals surface area contributed by atoms with Crippen LogP contribution in [0.5, 0.6) is 0 Å². The number of hydrogen-bond acceptors (Lipinski definition) is 3. The zero-order valence-electron chi connectivity index (χ0n) is 12.3. The van der Waals surface area contributed by atoms with Crippen LogP contribution < -0.4 is 0 Å². The monoisotopic (exact) mass is 316 g/mol. The van der Waals surface area contributed by atoms with Crippen LogP contribution in [0.25, 0.3) is 0 Å². The van der Waals surface area contributed by atoms with Crippen LogP contribution in [-0.4, -0.2) is 17.3 Å². The van der Waals surface area contributed by atoms with Crippen LogP contribution in [0.4, 0.5) is 4.39 Å². The maximum absolute atomic E-state index is 12.8. The zero-order valence-corrected chi connectivity index (χ0v) is 13.2. The first-order valence-electron chi connectivity index (χ1n) is 7.15. The summed E-state index contributed by atoms with van der Waals surface area (Å²) in [7, 11) is 0. The zero-order chi connectivity index (χ0) is 15.9. The Morgan fingerprint density at radius 2 is 1.45 bits per heavy atom. The third kappa shape index (κ3) is 4.53. The molecule has 0 spiro atoms. The molecule has 0 heterocycles. The molecule has 0 aliphatic carbocycles. The van der Waals surface area contributed by atoms with E-state index in [1.165, 1.54) is 36.0 Å².